The van der Waals surface area contributed by atoms with Gasteiger partial charge in [-0.25, -0.2) is 0 Å². The number of aromatic hydroxyl groups is 1. The third-order valence-electron chi connectivity index (χ3n) is 7.40. The zero-order chi connectivity index (χ0) is 17.4. The number of benzene rings is 1. The van der Waals surface area contributed by atoms with Crippen molar-refractivity contribution in [3.8, 4) is 5.75 Å². The Morgan fingerprint density at radius 1 is 1.24 bits per heavy atom. The molecule has 3 nitrogen and oxygen atoms in total. The van der Waals surface area contributed by atoms with E-state index in [2.05, 4.69) is 30.3 Å². The molecule has 25 heavy (non-hydrogen) atoms. The number of fused-ring (bicyclic) bond motifs is 4. The average Bonchev–Trinajstić information content (AvgIpc) is 2.62. The number of nitrogens with one attached hydrogen (secondary N) is 1. The number of nitrogens with zero attached hydrogens (tertiary/aromatic N) is 1. The van der Waals surface area contributed by atoms with Gasteiger partial charge in [-0.3, -0.25) is 0 Å². The quantitative estimate of drug-likeness (QED) is 0.873. The molecule has 1 aromatic carbocycles. The SMILES string of the molecule is CN1CC[C@@]2(C)c3cc(O)ccc3C[C@@H]1[C@@H]2NCCC1CCCCC1. The summed E-state index contributed by atoms with van der Waals surface area (Å²) in [6.07, 6.45) is 10.8. The number of likely N-dealkylation sites (N-methyl/N-ethyl adjacent to an activating group) is 1. The number of piperidine rings is 1. The summed E-state index contributed by atoms with van der Waals surface area (Å²) >= 11 is 0. The van der Waals surface area contributed by atoms with Crippen LogP contribution in [0, 0.1) is 5.92 Å². The third kappa shape index (κ3) is 3.21. The maximum absolute atomic E-state index is 10.1. The van der Waals surface area contributed by atoms with Gasteiger partial charge >= 0.3 is 0 Å². The van der Waals surface area contributed by atoms with E-state index in [4.69, 9.17) is 0 Å². The Labute approximate surface area is 152 Å². The van der Waals surface area contributed by atoms with E-state index in [0.717, 1.165) is 31.8 Å². The van der Waals surface area contributed by atoms with Crippen molar-refractivity contribution in [1.82, 2.24) is 10.2 Å². The summed E-state index contributed by atoms with van der Waals surface area (Å²) in [6, 6.07) is 7.10. The zero-order valence-corrected chi connectivity index (χ0v) is 15.9. The van der Waals surface area contributed by atoms with Crippen molar-refractivity contribution in [2.75, 3.05) is 20.1 Å². The third-order valence-corrected chi connectivity index (χ3v) is 7.40. The average molecular weight is 343 g/mol. The minimum atomic E-state index is 0.135. The molecule has 1 saturated carbocycles. The normalized spacial score (nSPS) is 33.2. The van der Waals surface area contributed by atoms with Crippen molar-refractivity contribution < 1.29 is 5.11 Å². The van der Waals surface area contributed by atoms with Gasteiger partial charge in [0.15, 0.2) is 0 Å². The van der Waals surface area contributed by atoms with Crippen molar-refractivity contribution in [3.63, 3.8) is 0 Å². The van der Waals surface area contributed by atoms with Gasteiger partial charge in [0.05, 0.1) is 0 Å². The first-order valence-corrected chi connectivity index (χ1v) is 10.3. The number of hydrogen-bond acceptors (Lipinski definition) is 3. The van der Waals surface area contributed by atoms with Gasteiger partial charge in [-0.2, -0.15) is 0 Å². The first-order valence-electron chi connectivity index (χ1n) is 10.3. The number of phenols is 1. The Morgan fingerprint density at radius 2 is 2.04 bits per heavy atom. The van der Waals surface area contributed by atoms with Crippen LogP contribution in [0.3, 0.4) is 0 Å². The van der Waals surface area contributed by atoms with Gasteiger partial charge in [0.25, 0.3) is 0 Å². The number of likely N-dealkylation sites (tertiary alicyclic amines) is 1. The summed E-state index contributed by atoms with van der Waals surface area (Å²) in [7, 11) is 2.28. The van der Waals surface area contributed by atoms with E-state index in [-0.39, 0.29) is 5.41 Å². The van der Waals surface area contributed by atoms with E-state index in [0.29, 0.717) is 17.8 Å². The number of phenolic OH excluding ortho intramolecular Hbond substituents is 1. The minimum absolute atomic E-state index is 0.135. The fourth-order valence-corrected chi connectivity index (χ4v) is 5.76. The summed E-state index contributed by atoms with van der Waals surface area (Å²) in [5.41, 5.74) is 2.95. The molecule has 2 aliphatic carbocycles. The van der Waals surface area contributed by atoms with Crippen LogP contribution in [0.1, 0.15) is 63.0 Å². The molecule has 3 aliphatic rings. The second-order valence-corrected chi connectivity index (χ2v) is 8.99. The number of hydrogen-bond donors (Lipinski definition) is 2. The van der Waals surface area contributed by atoms with Gasteiger partial charge in [-0.05, 0) is 68.6 Å². The standard InChI is InChI=1S/C22H34N2O/c1-22-11-13-24(2)20(14-17-8-9-18(25)15-19(17)22)21(22)23-12-10-16-6-4-3-5-7-16/h8-9,15-16,20-21,23,25H,3-7,10-14H2,1-2H3/t20-,21+,22+/m1/s1. The minimum Gasteiger partial charge on any atom is -0.508 e. The van der Waals surface area contributed by atoms with Crippen LogP contribution in [-0.4, -0.2) is 42.2 Å². The molecule has 2 N–H and O–H groups in total. The molecule has 0 amide bonds. The lowest BCUT2D eigenvalue weighted by Gasteiger charge is -2.55. The highest BCUT2D eigenvalue weighted by molar-refractivity contribution is 5.45. The summed E-state index contributed by atoms with van der Waals surface area (Å²) in [6.45, 7) is 4.71. The van der Waals surface area contributed by atoms with Gasteiger partial charge in [-0.1, -0.05) is 45.1 Å². The number of rotatable bonds is 4. The lowest BCUT2D eigenvalue weighted by atomic mass is 9.61. The van der Waals surface area contributed by atoms with Crippen molar-refractivity contribution in [3.05, 3.63) is 29.3 Å². The second-order valence-electron chi connectivity index (χ2n) is 8.99. The molecule has 1 saturated heterocycles. The van der Waals surface area contributed by atoms with E-state index < -0.39 is 0 Å². The summed E-state index contributed by atoms with van der Waals surface area (Å²) in [4.78, 5) is 2.55. The fourth-order valence-electron chi connectivity index (χ4n) is 5.76. The highest BCUT2D eigenvalue weighted by Crippen LogP contribution is 2.45. The van der Waals surface area contributed by atoms with Gasteiger partial charge in [-0.15, -0.1) is 0 Å². The molecule has 3 heteroatoms. The Balaban J connectivity index is 1.52. The van der Waals surface area contributed by atoms with Crippen molar-refractivity contribution in [2.24, 2.45) is 5.92 Å². The van der Waals surface area contributed by atoms with Crippen molar-refractivity contribution in [1.29, 1.82) is 0 Å². The van der Waals surface area contributed by atoms with E-state index >= 15 is 0 Å². The van der Waals surface area contributed by atoms with Crippen LogP contribution < -0.4 is 5.32 Å². The molecule has 2 fully saturated rings. The van der Waals surface area contributed by atoms with E-state index in [1.54, 1.807) is 0 Å². The van der Waals surface area contributed by atoms with Gasteiger partial charge in [0, 0.05) is 17.5 Å². The maximum Gasteiger partial charge on any atom is 0.115 e. The van der Waals surface area contributed by atoms with Crippen molar-refractivity contribution >= 4 is 0 Å². The molecule has 0 unspecified atom stereocenters. The molecule has 2 bridgehead atoms. The molecule has 1 aromatic rings. The maximum atomic E-state index is 10.1. The molecular weight excluding hydrogens is 308 g/mol. The van der Waals surface area contributed by atoms with Crippen LogP contribution >= 0.6 is 0 Å². The highest BCUT2D eigenvalue weighted by Gasteiger charge is 2.49. The van der Waals surface area contributed by atoms with Crippen LogP contribution in [0.15, 0.2) is 18.2 Å². The predicted octanol–water partition coefficient (Wildman–Crippen LogP) is 3.84. The van der Waals surface area contributed by atoms with E-state index in [9.17, 15) is 5.11 Å². The second kappa shape index (κ2) is 6.92. The topological polar surface area (TPSA) is 35.5 Å². The molecule has 1 aliphatic heterocycles. The van der Waals surface area contributed by atoms with Crippen molar-refractivity contribution in [2.45, 2.75) is 75.8 Å². The fraction of sp³-hybridized carbons (Fsp3) is 0.727. The first kappa shape index (κ1) is 17.4. The Bertz CT molecular complexity index is 610. The van der Waals surface area contributed by atoms with Gasteiger partial charge in [0.1, 0.15) is 5.75 Å². The zero-order valence-electron chi connectivity index (χ0n) is 15.9. The Hall–Kier alpha value is -1.06. The molecule has 0 spiro atoms. The largest absolute Gasteiger partial charge is 0.508 e. The predicted molar refractivity (Wildman–Crippen MR) is 103 cm³/mol. The first-order chi connectivity index (χ1) is 12.1. The summed E-state index contributed by atoms with van der Waals surface area (Å²) < 4.78 is 0. The molecule has 3 atom stereocenters. The molecule has 4 rings (SSSR count). The highest BCUT2D eigenvalue weighted by atomic mass is 16.3. The van der Waals surface area contributed by atoms with Gasteiger partial charge in [0.2, 0.25) is 0 Å². The van der Waals surface area contributed by atoms with E-state index in [1.165, 1.54) is 49.7 Å². The Morgan fingerprint density at radius 3 is 2.84 bits per heavy atom. The van der Waals surface area contributed by atoms with Gasteiger partial charge < -0.3 is 15.3 Å². The summed E-state index contributed by atoms with van der Waals surface area (Å²) in [5.74, 6) is 1.35. The summed E-state index contributed by atoms with van der Waals surface area (Å²) in [5, 5.41) is 14.0. The monoisotopic (exact) mass is 342 g/mol. The van der Waals surface area contributed by atoms with E-state index in [1.807, 2.05) is 12.1 Å². The molecule has 138 valence electrons. The van der Waals surface area contributed by atoms with Crippen LogP contribution in [0.5, 0.6) is 5.75 Å². The smallest absolute Gasteiger partial charge is 0.115 e. The lowest BCUT2D eigenvalue weighted by molar-refractivity contribution is 0.0649. The molecule has 1 heterocycles. The van der Waals surface area contributed by atoms with Crippen LogP contribution in [0.2, 0.25) is 0 Å². The van der Waals surface area contributed by atoms with Crippen LogP contribution in [0.25, 0.3) is 0 Å². The lowest BCUT2D eigenvalue weighted by Crippen LogP contribution is -2.66. The molecule has 0 radical (unpaired) electrons. The van der Waals surface area contributed by atoms with Crippen LogP contribution in [0.4, 0.5) is 0 Å². The molecule has 0 aromatic heterocycles. The Kier molecular flexibility index (Phi) is 4.81. The van der Waals surface area contributed by atoms with Crippen LogP contribution in [-0.2, 0) is 11.8 Å². The molecular formula is C22H34N2O.